The molecule has 4 heteroatoms. The summed E-state index contributed by atoms with van der Waals surface area (Å²) in [5, 5.41) is 0. The van der Waals surface area contributed by atoms with Crippen molar-refractivity contribution >= 4 is 5.91 Å². The number of hydrogen-bond donors (Lipinski definition) is 2. The second-order valence-corrected chi connectivity index (χ2v) is 3.88. The van der Waals surface area contributed by atoms with E-state index < -0.39 is 0 Å². The van der Waals surface area contributed by atoms with Crippen molar-refractivity contribution in [2.75, 3.05) is 19.6 Å². The molecule has 0 bridgehead atoms. The van der Waals surface area contributed by atoms with Crippen LogP contribution in [0.3, 0.4) is 0 Å². The van der Waals surface area contributed by atoms with Crippen LogP contribution in [0.5, 0.6) is 0 Å². The van der Waals surface area contributed by atoms with Gasteiger partial charge in [0.2, 0.25) is 5.91 Å². The van der Waals surface area contributed by atoms with E-state index >= 15 is 0 Å². The third-order valence-corrected chi connectivity index (χ3v) is 2.24. The number of amides is 1. The van der Waals surface area contributed by atoms with Gasteiger partial charge in [0, 0.05) is 6.04 Å². The fraction of sp³-hybridized carbons (Fsp3) is 0.900. The lowest BCUT2D eigenvalue weighted by atomic mass is 10.2. The van der Waals surface area contributed by atoms with E-state index in [0.29, 0.717) is 12.6 Å². The fourth-order valence-electron chi connectivity index (χ4n) is 1.36. The number of nitrogens with zero attached hydrogens (tertiary/aromatic N) is 1. The predicted molar refractivity (Wildman–Crippen MR) is 58.8 cm³/mol. The van der Waals surface area contributed by atoms with Crippen molar-refractivity contribution < 1.29 is 4.79 Å². The summed E-state index contributed by atoms with van der Waals surface area (Å²) in [5.41, 5.74) is 10.6. The van der Waals surface area contributed by atoms with Gasteiger partial charge in [0.15, 0.2) is 0 Å². The highest BCUT2D eigenvalue weighted by Gasteiger charge is 2.10. The summed E-state index contributed by atoms with van der Waals surface area (Å²) in [6, 6.07) is 0.375. The summed E-state index contributed by atoms with van der Waals surface area (Å²) in [6.45, 7) is 6.19. The molecule has 0 unspecified atom stereocenters. The van der Waals surface area contributed by atoms with Crippen LogP contribution in [0, 0.1) is 0 Å². The summed E-state index contributed by atoms with van der Waals surface area (Å²) in [7, 11) is 0. The third kappa shape index (κ3) is 6.86. The molecule has 0 rings (SSSR count). The zero-order chi connectivity index (χ0) is 11.0. The lowest BCUT2D eigenvalue weighted by Crippen LogP contribution is -2.39. The Hall–Kier alpha value is -0.610. The quantitative estimate of drug-likeness (QED) is 0.555. The maximum atomic E-state index is 10.8. The van der Waals surface area contributed by atoms with Crippen molar-refractivity contribution in [3.8, 4) is 0 Å². The minimum atomic E-state index is -0.252. The first-order valence-corrected chi connectivity index (χ1v) is 5.30. The molecule has 84 valence electrons. The van der Waals surface area contributed by atoms with Gasteiger partial charge < -0.3 is 11.5 Å². The fourth-order valence-corrected chi connectivity index (χ4v) is 1.36. The Bertz CT molecular complexity index is 159. The highest BCUT2D eigenvalue weighted by atomic mass is 16.1. The number of primary amides is 1. The molecule has 4 N–H and O–H groups in total. The van der Waals surface area contributed by atoms with E-state index in [9.17, 15) is 4.79 Å². The lowest BCUT2D eigenvalue weighted by molar-refractivity contribution is -0.119. The molecule has 0 atom stereocenters. The molecule has 0 aliphatic carbocycles. The van der Waals surface area contributed by atoms with Gasteiger partial charge in [0.25, 0.3) is 0 Å². The SMILES string of the molecule is CC(C)N(CCCCCN)CC(N)=O. The lowest BCUT2D eigenvalue weighted by Gasteiger charge is -2.24. The predicted octanol–water partition coefficient (Wildman–Crippen LogP) is 0.311. The van der Waals surface area contributed by atoms with Crippen LogP contribution in [0.1, 0.15) is 33.1 Å². The van der Waals surface area contributed by atoms with E-state index in [4.69, 9.17) is 11.5 Å². The van der Waals surface area contributed by atoms with Crippen LogP contribution in [0.4, 0.5) is 0 Å². The standard InChI is InChI=1S/C10H23N3O/c1-9(2)13(8-10(12)14)7-5-3-4-6-11/h9H,3-8,11H2,1-2H3,(H2,12,14). The molecule has 0 aromatic carbocycles. The van der Waals surface area contributed by atoms with Gasteiger partial charge in [-0.2, -0.15) is 0 Å². The van der Waals surface area contributed by atoms with Gasteiger partial charge in [-0.3, -0.25) is 9.69 Å². The second-order valence-electron chi connectivity index (χ2n) is 3.88. The Labute approximate surface area is 86.6 Å². The Morgan fingerprint density at radius 2 is 1.93 bits per heavy atom. The molecule has 0 spiro atoms. The minimum Gasteiger partial charge on any atom is -0.369 e. The molecular weight excluding hydrogens is 178 g/mol. The maximum Gasteiger partial charge on any atom is 0.231 e. The summed E-state index contributed by atoms with van der Waals surface area (Å²) in [6.07, 6.45) is 3.27. The molecule has 0 fully saturated rings. The number of carbonyl (C=O) groups is 1. The largest absolute Gasteiger partial charge is 0.369 e. The van der Waals surface area contributed by atoms with Gasteiger partial charge in [-0.25, -0.2) is 0 Å². The molecule has 0 aromatic heterocycles. The number of hydrogen-bond acceptors (Lipinski definition) is 3. The molecule has 0 saturated heterocycles. The average molecular weight is 201 g/mol. The Balaban J connectivity index is 3.68. The average Bonchev–Trinajstić information content (AvgIpc) is 2.09. The summed E-state index contributed by atoms with van der Waals surface area (Å²) in [4.78, 5) is 12.9. The van der Waals surface area contributed by atoms with Crippen LogP contribution in [0.15, 0.2) is 0 Å². The smallest absolute Gasteiger partial charge is 0.231 e. The first kappa shape index (κ1) is 13.4. The topological polar surface area (TPSA) is 72.3 Å². The molecule has 1 amide bonds. The summed E-state index contributed by atoms with van der Waals surface area (Å²) >= 11 is 0. The molecule has 0 heterocycles. The van der Waals surface area contributed by atoms with Crippen LogP contribution >= 0.6 is 0 Å². The Morgan fingerprint density at radius 3 is 2.36 bits per heavy atom. The number of carbonyl (C=O) groups excluding carboxylic acids is 1. The van der Waals surface area contributed by atoms with Crippen molar-refractivity contribution in [2.24, 2.45) is 11.5 Å². The molecule has 4 nitrogen and oxygen atoms in total. The van der Waals surface area contributed by atoms with Crippen LogP contribution in [0.25, 0.3) is 0 Å². The van der Waals surface area contributed by atoms with E-state index in [0.717, 1.165) is 32.4 Å². The molecule has 0 aliphatic heterocycles. The van der Waals surface area contributed by atoms with Crippen LogP contribution in [0.2, 0.25) is 0 Å². The molecule has 0 aliphatic rings. The maximum absolute atomic E-state index is 10.8. The van der Waals surface area contributed by atoms with Gasteiger partial charge >= 0.3 is 0 Å². The van der Waals surface area contributed by atoms with Gasteiger partial charge in [0.1, 0.15) is 0 Å². The highest BCUT2D eigenvalue weighted by Crippen LogP contribution is 2.02. The van der Waals surface area contributed by atoms with Crippen molar-refractivity contribution in [1.82, 2.24) is 4.90 Å². The zero-order valence-electron chi connectivity index (χ0n) is 9.33. The number of nitrogens with two attached hydrogens (primary N) is 2. The van der Waals surface area contributed by atoms with E-state index in [1.165, 1.54) is 0 Å². The van der Waals surface area contributed by atoms with Gasteiger partial charge in [-0.15, -0.1) is 0 Å². The second kappa shape index (κ2) is 7.76. The van der Waals surface area contributed by atoms with Crippen molar-refractivity contribution in [3.05, 3.63) is 0 Å². The van der Waals surface area contributed by atoms with Crippen LogP contribution in [-0.2, 0) is 4.79 Å². The number of rotatable bonds is 8. The minimum absolute atomic E-state index is 0.252. The van der Waals surface area contributed by atoms with Crippen molar-refractivity contribution in [1.29, 1.82) is 0 Å². The molecule has 0 aromatic rings. The van der Waals surface area contributed by atoms with Gasteiger partial charge in [-0.1, -0.05) is 6.42 Å². The first-order valence-electron chi connectivity index (χ1n) is 5.30. The van der Waals surface area contributed by atoms with Gasteiger partial charge in [-0.05, 0) is 39.8 Å². The first-order chi connectivity index (χ1) is 6.57. The Morgan fingerprint density at radius 1 is 1.29 bits per heavy atom. The summed E-state index contributed by atoms with van der Waals surface area (Å²) in [5.74, 6) is -0.252. The van der Waals surface area contributed by atoms with Crippen molar-refractivity contribution in [3.63, 3.8) is 0 Å². The normalized spacial score (nSPS) is 11.2. The van der Waals surface area contributed by atoms with E-state index in [2.05, 4.69) is 18.7 Å². The number of unbranched alkanes of at least 4 members (excludes halogenated alkanes) is 2. The Kier molecular flexibility index (Phi) is 7.42. The molecule has 14 heavy (non-hydrogen) atoms. The van der Waals surface area contributed by atoms with E-state index in [1.54, 1.807) is 0 Å². The molecular formula is C10H23N3O. The highest BCUT2D eigenvalue weighted by molar-refractivity contribution is 5.75. The molecule has 0 radical (unpaired) electrons. The van der Waals surface area contributed by atoms with E-state index in [1.807, 2.05) is 0 Å². The zero-order valence-corrected chi connectivity index (χ0v) is 9.33. The van der Waals surface area contributed by atoms with Crippen LogP contribution in [-0.4, -0.2) is 36.5 Å². The monoisotopic (exact) mass is 201 g/mol. The summed E-state index contributed by atoms with van der Waals surface area (Å²) < 4.78 is 0. The van der Waals surface area contributed by atoms with Crippen molar-refractivity contribution in [2.45, 2.75) is 39.2 Å². The molecule has 0 saturated carbocycles. The van der Waals surface area contributed by atoms with E-state index in [-0.39, 0.29) is 5.91 Å². The van der Waals surface area contributed by atoms with Gasteiger partial charge in [0.05, 0.1) is 6.54 Å². The third-order valence-electron chi connectivity index (χ3n) is 2.24. The van der Waals surface area contributed by atoms with Crippen LogP contribution < -0.4 is 11.5 Å².